The number of halogens is 1. The molecule has 146 valence electrons. The number of hydrogen-bond acceptors (Lipinski definition) is 4. The number of carbonyl (C=O) groups excluding carboxylic acids is 2. The molecule has 2 heterocycles. The van der Waals surface area contributed by atoms with Gasteiger partial charge in [0.25, 0.3) is 0 Å². The number of anilines is 2. The predicted octanol–water partition coefficient (Wildman–Crippen LogP) is 3.42. The van der Waals surface area contributed by atoms with Gasteiger partial charge in [-0.05, 0) is 35.9 Å². The van der Waals surface area contributed by atoms with Crippen molar-refractivity contribution in [2.75, 3.05) is 10.6 Å². The number of aromatic carboxylic acids is 1. The Bertz CT molecular complexity index is 1120. The summed E-state index contributed by atoms with van der Waals surface area (Å²) in [4.78, 5) is 36.2. The highest BCUT2D eigenvalue weighted by Crippen LogP contribution is 2.34. The van der Waals surface area contributed by atoms with Gasteiger partial charge in [0.15, 0.2) is 0 Å². The summed E-state index contributed by atoms with van der Waals surface area (Å²) in [5, 5.41) is 19.4. The standard InChI is InChI=1S/C20H15ClN4O4/c21-13-6-4-11(5-7-13)15-10-22-25-16(9-17(26)24-18(15)25)19(27)23-14-3-1-2-12(8-14)20(28)29/h1-8,10,16H,9H2,(H,23,27)(H,24,26)(H,28,29)/t16-/m1/s1. The minimum absolute atomic E-state index is 0.0500. The van der Waals surface area contributed by atoms with Gasteiger partial charge in [-0.2, -0.15) is 5.10 Å². The highest BCUT2D eigenvalue weighted by molar-refractivity contribution is 6.30. The van der Waals surface area contributed by atoms with Crippen molar-refractivity contribution < 1.29 is 19.5 Å². The second-order valence-corrected chi connectivity index (χ2v) is 6.94. The maximum absolute atomic E-state index is 12.8. The van der Waals surface area contributed by atoms with E-state index in [0.717, 1.165) is 5.56 Å². The summed E-state index contributed by atoms with van der Waals surface area (Å²) < 4.78 is 1.46. The highest BCUT2D eigenvalue weighted by atomic mass is 35.5. The van der Waals surface area contributed by atoms with Gasteiger partial charge in [-0.1, -0.05) is 29.8 Å². The van der Waals surface area contributed by atoms with Gasteiger partial charge in [-0.25, -0.2) is 9.48 Å². The number of rotatable bonds is 4. The number of carbonyl (C=O) groups is 3. The van der Waals surface area contributed by atoms with Gasteiger partial charge in [0.05, 0.1) is 18.2 Å². The van der Waals surface area contributed by atoms with Crippen molar-refractivity contribution in [1.29, 1.82) is 0 Å². The summed E-state index contributed by atoms with van der Waals surface area (Å²) >= 11 is 5.93. The van der Waals surface area contributed by atoms with Crippen molar-refractivity contribution >= 4 is 40.9 Å². The zero-order chi connectivity index (χ0) is 20.5. The summed E-state index contributed by atoms with van der Waals surface area (Å²) in [6.07, 6.45) is 1.49. The monoisotopic (exact) mass is 410 g/mol. The van der Waals surface area contributed by atoms with E-state index >= 15 is 0 Å². The number of aromatic nitrogens is 2. The van der Waals surface area contributed by atoms with Gasteiger partial charge in [-0.3, -0.25) is 9.59 Å². The lowest BCUT2D eigenvalue weighted by atomic mass is 10.1. The Morgan fingerprint density at radius 2 is 1.97 bits per heavy atom. The fourth-order valence-electron chi connectivity index (χ4n) is 3.17. The lowest BCUT2D eigenvalue weighted by molar-refractivity contribution is -0.125. The first kappa shape index (κ1) is 18.7. The number of fused-ring (bicyclic) bond motifs is 1. The maximum Gasteiger partial charge on any atom is 0.335 e. The van der Waals surface area contributed by atoms with Gasteiger partial charge < -0.3 is 15.7 Å². The van der Waals surface area contributed by atoms with Gasteiger partial charge in [-0.15, -0.1) is 0 Å². The molecule has 1 aromatic heterocycles. The number of carboxylic acid groups (broad SMARTS) is 1. The minimum atomic E-state index is -1.10. The normalized spacial score (nSPS) is 15.3. The second-order valence-electron chi connectivity index (χ2n) is 6.50. The first-order chi connectivity index (χ1) is 13.9. The Hall–Kier alpha value is -3.65. The van der Waals surface area contributed by atoms with Crippen LogP contribution >= 0.6 is 11.6 Å². The molecule has 9 heteroatoms. The molecule has 0 spiro atoms. The molecular formula is C20H15ClN4O4. The van der Waals surface area contributed by atoms with E-state index in [9.17, 15) is 14.4 Å². The molecule has 0 saturated heterocycles. The Balaban J connectivity index is 1.64. The van der Waals surface area contributed by atoms with Crippen molar-refractivity contribution in [3.63, 3.8) is 0 Å². The average molecular weight is 411 g/mol. The maximum atomic E-state index is 12.8. The molecule has 1 atom stereocenters. The van der Waals surface area contributed by atoms with Crippen molar-refractivity contribution in [3.8, 4) is 11.1 Å². The second kappa shape index (κ2) is 7.40. The molecule has 0 saturated carbocycles. The third kappa shape index (κ3) is 3.70. The van der Waals surface area contributed by atoms with Crippen molar-refractivity contribution in [1.82, 2.24) is 9.78 Å². The number of hydrogen-bond donors (Lipinski definition) is 3. The summed E-state index contributed by atoms with van der Waals surface area (Å²) in [5.74, 6) is -1.45. The number of carboxylic acids is 1. The van der Waals surface area contributed by atoms with Crippen LogP contribution in [0.3, 0.4) is 0 Å². The largest absolute Gasteiger partial charge is 0.478 e. The molecule has 2 aromatic carbocycles. The molecule has 0 bridgehead atoms. The van der Waals surface area contributed by atoms with Crippen LogP contribution in [0.15, 0.2) is 54.7 Å². The molecule has 4 rings (SSSR count). The quantitative estimate of drug-likeness (QED) is 0.609. The zero-order valence-corrected chi connectivity index (χ0v) is 15.7. The van der Waals surface area contributed by atoms with Crippen LogP contribution in [-0.4, -0.2) is 32.7 Å². The van der Waals surface area contributed by atoms with E-state index < -0.39 is 17.9 Å². The predicted molar refractivity (Wildman–Crippen MR) is 107 cm³/mol. The summed E-state index contributed by atoms with van der Waals surface area (Å²) in [6.45, 7) is 0. The fourth-order valence-corrected chi connectivity index (χ4v) is 3.29. The molecule has 2 amide bonds. The molecule has 0 aliphatic carbocycles. The molecule has 8 nitrogen and oxygen atoms in total. The molecule has 3 N–H and O–H groups in total. The molecule has 29 heavy (non-hydrogen) atoms. The molecular weight excluding hydrogens is 396 g/mol. The smallest absolute Gasteiger partial charge is 0.335 e. The van der Waals surface area contributed by atoms with Gasteiger partial charge >= 0.3 is 5.97 Å². The topological polar surface area (TPSA) is 113 Å². The first-order valence-corrected chi connectivity index (χ1v) is 9.07. The summed E-state index contributed by atoms with van der Waals surface area (Å²) in [7, 11) is 0. The van der Waals surface area contributed by atoms with E-state index in [4.69, 9.17) is 16.7 Å². The van der Waals surface area contributed by atoms with E-state index in [-0.39, 0.29) is 17.9 Å². The fraction of sp³-hybridized carbons (Fsp3) is 0.100. The van der Waals surface area contributed by atoms with E-state index in [1.807, 2.05) is 0 Å². The molecule has 1 aliphatic heterocycles. The summed E-state index contributed by atoms with van der Waals surface area (Å²) in [6, 6.07) is 12.1. The van der Waals surface area contributed by atoms with Gasteiger partial charge in [0.2, 0.25) is 11.8 Å². The van der Waals surface area contributed by atoms with Gasteiger partial charge in [0.1, 0.15) is 11.9 Å². The lowest BCUT2D eigenvalue weighted by Gasteiger charge is -2.24. The number of nitrogens with zero attached hydrogens (tertiary/aromatic N) is 2. The number of nitrogens with one attached hydrogen (secondary N) is 2. The number of benzene rings is 2. The van der Waals surface area contributed by atoms with Crippen LogP contribution in [0.1, 0.15) is 22.8 Å². The minimum Gasteiger partial charge on any atom is -0.478 e. The highest BCUT2D eigenvalue weighted by Gasteiger charge is 2.33. The van der Waals surface area contributed by atoms with Crippen LogP contribution in [0, 0.1) is 0 Å². The molecule has 0 unspecified atom stereocenters. The van der Waals surface area contributed by atoms with Crippen LogP contribution < -0.4 is 10.6 Å². The van der Waals surface area contributed by atoms with Crippen molar-refractivity contribution in [2.45, 2.75) is 12.5 Å². The van der Waals surface area contributed by atoms with E-state index in [1.54, 1.807) is 36.5 Å². The lowest BCUT2D eigenvalue weighted by Crippen LogP contribution is -2.35. The van der Waals surface area contributed by atoms with Crippen LogP contribution in [-0.2, 0) is 9.59 Å². The SMILES string of the molecule is O=C1C[C@H](C(=O)Nc2cccc(C(=O)O)c2)n2ncc(-c3ccc(Cl)cc3)c2N1. The van der Waals surface area contributed by atoms with Gasteiger partial charge in [0, 0.05) is 16.3 Å². The molecule has 0 radical (unpaired) electrons. The Kier molecular flexibility index (Phi) is 4.77. The van der Waals surface area contributed by atoms with E-state index in [2.05, 4.69) is 15.7 Å². The molecule has 3 aromatic rings. The third-order valence-corrected chi connectivity index (χ3v) is 4.81. The Morgan fingerprint density at radius 1 is 1.21 bits per heavy atom. The van der Waals surface area contributed by atoms with E-state index in [1.165, 1.54) is 22.9 Å². The van der Waals surface area contributed by atoms with Crippen LogP contribution in [0.2, 0.25) is 5.02 Å². The molecule has 0 fully saturated rings. The third-order valence-electron chi connectivity index (χ3n) is 4.56. The Labute approximate surface area is 170 Å². The molecule has 1 aliphatic rings. The van der Waals surface area contributed by atoms with Crippen LogP contribution in [0.25, 0.3) is 11.1 Å². The van der Waals surface area contributed by atoms with Crippen molar-refractivity contribution in [2.24, 2.45) is 0 Å². The van der Waals surface area contributed by atoms with E-state index in [0.29, 0.717) is 22.1 Å². The van der Waals surface area contributed by atoms with Crippen LogP contribution in [0.5, 0.6) is 0 Å². The average Bonchev–Trinajstić information content (AvgIpc) is 3.11. The van der Waals surface area contributed by atoms with Crippen molar-refractivity contribution in [3.05, 3.63) is 65.3 Å². The summed E-state index contributed by atoms with van der Waals surface area (Å²) in [5.41, 5.74) is 1.84. The van der Waals surface area contributed by atoms with Crippen LogP contribution in [0.4, 0.5) is 11.5 Å². The number of amides is 2. The zero-order valence-electron chi connectivity index (χ0n) is 14.9. The first-order valence-electron chi connectivity index (χ1n) is 8.70. The Morgan fingerprint density at radius 3 is 2.69 bits per heavy atom.